The lowest BCUT2D eigenvalue weighted by Crippen LogP contribution is -2.20. The minimum atomic E-state index is 0.153. The number of hydrogen-bond acceptors (Lipinski definition) is 2. The Kier molecular flexibility index (Phi) is 2.96. The molecule has 1 aliphatic carbocycles. The highest BCUT2D eigenvalue weighted by Crippen LogP contribution is 2.42. The topological polar surface area (TPSA) is 40.5 Å². The van der Waals surface area contributed by atoms with Crippen LogP contribution in [0.2, 0.25) is 5.82 Å². The van der Waals surface area contributed by atoms with Crippen molar-refractivity contribution in [3.05, 3.63) is 0 Å². The molecule has 0 aromatic heterocycles. The normalized spacial score (nSPS) is 44.6. The summed E-state index contributed by atoms with van der Waals surface area (Å²) in [5.41, 5.74) is 0. The molecule has 0 aromatic carbocycles. The van der Waals surface area contributed by atoms with Gasteiger partial charge in [0.05, 0.1) is 7.85 Å². The molecule has 1 fully saturated rings. The molecule has 0 bridgehead atoms. The van der Waals surface area contributed by atoms with Crippen LogP contribution in [0.4, 0.5) is 0 Å². The van der Waals surface area contributed by atoms with E-state index in [1.165, 1.54) is 0 Å². The number of hydrogen-bond donors (Lipinski definition) is 2. The van der Waals surface area contributed by atoms with Crippen molar-refractivity contribution in [1.82, 2.24) is 0 Å². The third kappa shape index (κ3) is 1.59. The average molecular weight is 154 g/mol. The Bertz CT molecular complexity index is 129. The second kappa shape index (κ2) is 3.59. The summed E-state index contributed by atoms with van der Waals surface area (Å²) in [4.78, 5) is 0. The van der Waals surface area contributed by atoms with Crippen molar-refractivity contribution in [2.75, 3.05) is 13.2 Å². The van der Waals surface area contributed by atoms with Crippen LogP contribution in [0.3, 0.4) is 0 Å². The van der Waals surface area contributed by atoms with Gasteiger partial charge in [-0.15, -0.1) is 0 Å². The first kappa shape index (κ1) is 9.08. The highest BCUT2D eigenvalue weighted by molar-refractivity contribution is 6.12. The Morgan fingerprint density at radius 3 is 2.36 bits per heavy atom. The monoisotopic (exact) mass is 154 g/mol. The van der Waals surface area contributed by atoms with E-state index in [2.05, 4.69) is 0 Å². The minimum absolute atomic E-state index is 0.153. The lowest BCUT2D eigenvalue weighted by molar-refractivity contribution is 0.122. The average Bonchev–Trinajstić information content (AvgIpc) is 2.28. The summed E-state index contributed by atoms with van der Waals surface area (Å²) in [5, 5.41) is 17.9. The number of aliphatic hydroxyl groups excluding tert-OH is 2. The molecule has 2 radical (unpaired) electrons. The van der Waals surface area contributed by atoms with Crippen molar-refractivity contribution in [2.24, 2.45) is 17.8 Å². The van der Waals surface area contributed by atoms with E-state index >= 15 is 0 Å². The Balaban J connectivity index is 2.57. The molecule has 0 aromatic rings. The third-order valence-electron chi connectivity index (χ3n) is 2.98. The van der Waals surface area contributed by atoms with Crippen LogP contribution in [0.5, 0.6) is 0 Å². The van der Waals surface area contributed by atoms with Gasteiger partial charge < -0.3 is 10.2 Å². The quantitative estimate of drug-likeness (QED) is 0.557. The summed E-state index contributed by atoms with van der Waals surface area (Å²) in [6.07, 6.45) is 0.850. The number of rotatable bonds is 2. The number of aliphatic hydroxyl groups is 2. The second-order valence-corrected chi connectivity index (χ2v) is 3.55. The SMILES string of the molecule is [B]C1CC(CO)C(CO)C1C. The van der Waals surface area contributed by atoms with Crippen LogP contribution in [0, 0.1) is 17.8 Å². The van der Waals surface area contributed by atoms with Crippen molar-refractivity contribution < 1.29 is 10.2 Å². The molecule has 1 saturated carbocycles. The van der Waals surface area contributed by atoms with E-state index < -0.39 is 0 Å². The van der Waals surface area contributed by atoms with Crippen LogP contribution < -0.4 is 0 Å². The van der Waals surface area contributed by atoms with Gasteiger partial charge >= 0.3 is 0 Å². The molecule has 0 amide bonds. The van der Waals surface area contributed by atoms with Gasteiger partial charge in [-0.05, 0) is 17.8 Å². The summed E-state index contributed by atoms with van der Waals surface area (Å²) in [7, 11) is 5.79. The van der Waals surface area contributed by atoms with Gasteiger partial charge in [-0.1, -0.05) is 19.2 Å². The molecule has 11 heavy (non-hydrogen) atoms. The molecule has 2 nitrogen and oxygen atoms in total. The summed E-state index contributed by atoms with van der Waals surface area (Å²) in [6, 6.07) is 0. The zero-order valence-electron chi connectivity index (χ0n) is 6.90. The zero-order chi connectivity index (χ0) is 8.43. The highest BCUT2D eigenvalue weighted by Gasteiger charge is 2.36. The van der Waals surface area contributed by atoms with E-state index in [0.717, 1.165) is 6.42 Å². The Hall–Kier alpha value is -0.0151. The van der Waals surface area contributed by atoms with E-state index in [1.807, 2.05) is 6.92 Å². The maximum absolute atomic E-state index is 8.99. The minimum Gasteiger partial charge on any atom is -0.396 e. The fraction of sp³-hybridized carbons (Fsp3) is 1.00. The largest absolute Gasteiger partial charge is 0.396 e. The fourth-order valence-electron chi connectivity index (χ4n) is 2.01. The molecule has 62 valence electrons. The van der Waals surface area contributed by atoms with E-state index in [9.17, 15) is 0 Å². The van der Waals surface area contributed by atoms with Crippen LogP contribution in [0.25, 0.3) is 0 Å². The summed E-state index contributed by atoms with van der Waals surface area (Å²) >= 11 is 0. The van der Waals surface area contributed by atoms with Crippen LogP contribution in [0.15, 0.2) is 0 Å². The Morgan fingerprint density at radius 1 is 1.36 bits per heavy atom. The van der Waals surface area contributed by atoms with Crippen LogP contribution >= 0.6 is 0 Å². The van der Waals surface area contributed by atoms with Crippen molar-refractivity contribution in [3.8, 4) is 0 Å². The van der Waals surface area contributed by atoms with Crippen molar-refractivity contribution >= 4 is 7.85 Å². The molecule has 0 aliphatic heterocycles. The zero-order valence-corrected chi connectivity index (χ0v) is 6.90. The molecule has 1 rings (SSSR count). The van der Waals surface area contributed by atoms with Gasteiger partial charge in [0.25, 0.3) is 0 Å². The summed E-state index contributed by atoms with van der Waals surface area (Å²) < 4.78 is 0. The summed E-state index contributed by atoms with van der Waals surface area (Å²) in [6.45, 7) is 2.35. The summed E-state index contributed by atoms with van der Waals surface area (Å²) in [5.74, 6) is 0.918. The predicted octanol–water partition coefficient (Wildman–Crippen LogP) is 0.200. The van der Waals surface area contributed by atoms with Crippen molar-refractivity contribution in [3.63, 3.8) is 0 Å². The molecule has 0 heterocycles. The van der Waals surface area contributed by atoms with E-state index in [4.69, 9.17) is 18.1 Å². The van der Waals surface area contributed by atoms with E-state index in [0.29, 0.717) is 5.92 Å². The first-order valence-electron chi connectivity index (χ1n) is 4.18. The fourth-order valence-corrected chi connectivity index (χ4v) is 2.01. The molecule has 3 heteroatoms. The van der Waals surface area contributed by atoms with Gasteiger partial charge in [-0.3, -0.25) is 0 Å². The van der Waals surface area contributed by atoms with Gasteiger partial charge in [0, 0.05) is 13.2 Å². The maximum atomic E-state index is 8.99. The lowest BCUT2D eigenvalue weighted by Gasteiger charge is -2.18. The molecular formula is C8H15BO2. The maximum Gasteiger partial charge on any atom is 0.0703 e. The molecule has 2 N–H and O–H groups in total. The van der Waals surface area contributed by atoms with Gasteiger partial charge in [-0.25, -0.2) is 0 Å². The molecule has 4 unspecified atom stereocenters. The molecular weight excluding hydrogens is 139 g/mol. The first-order valence-corrected chi connectivity index (χ1v) is 4.18. The van der Waals surface area contributed by atoms with E-state index in [-0.39, 0.29) is 30.9 Å². The third-order valence-corrected chi connectivity index (χ3v) is 2.98. The van der Waals surface area contributed by atoms with Gasteiger partial charge in [0.2, 0.25) is 0 Å². The van der Waals surface area contributed by atoms with Gasteiger partial charge in [0.15, 0.2) is 0 Å². The molecule has 0 saturated heterocycles. The van der Waals surface area contributed by atoms with Crippen LogP contribution in [-0.2, 0) is 0 Å². The molecule has 0 spiro atoms. The predicted molar refractivity (Wildman–Crippen MR) is 44.4 cm³/mol. The Labute approximate surface area is 69.0 Å². The second-order valence-electron chi connectivity index (χ2n) is 3.55. The standard InChI is InChI=1S/C8H15BO2/c1-5-7(4-11)6(3-10)2-8(5)9/h5-8,10-11H,2-4H2,1H3. The van der Waals surface area contributed by atoms with Gasteiger partial charge in [0.1, 0.15) is 0 Å². The van der Waals surface area contributed by atoms with E-state index in [1.54, 1.807) is 0 Å². The highest BCUT2D eigenvalue weighted by atomic mass is 16.3. The molecule has 4 atom stereocenters. The Morgan fingerprint density at radius 2 is 2.00 bits per heavy atom. The van der Waals surface area contributed by atoms with Gasteiger partial charge in [-0.2, -0.15) is 0 Å². The smallest absolute Gasteiger partial charge is 0.0703 e. The first-order chi connectivity index (χ1) is 5.20. The van der Waals surface area contributed by atoms with Crippen molar-refractivity contribution in [2.45, 2.75) is 19.2 Å². The lowest BCUT2D eigenvalue weighted by atomic mass is 9.78. The molecule has 1 aliphatic rings. The van der Waals surface area contributed by atoms with Crippen LogP contribution in [-0.4, -0.2) is 31.3 Å². The van der Waals surface area contributed by atoms with Crippen LogP contribution in [0.1, 0.15) is 13.3 Å². The van der Waals surface area contributed by atoms with Crippen molar-refractivity contribution in [1.29, 1.82) is 0 Å².